The molecule has 1 N–H and O–H groups in total. The summed E-state index contributed by atoms with van der Waals surface area (Å²) in [6.07, 6.45) is 5.76. The smallest absolute Gasteiger partial charge is 0.309 e. The van der Waals surface area contributed by atoms with Gasteiger partial charge in [0.2, 0.25) is 0 Å². The molecule has 0 spiro atoms. The number of esters is 1. The van der Waals surface area contributed by atoms with Gasteiger partial charge in [-0.2, -0.15) is 15.0 Å². The van der Waals surface area contributed by atoms with Gasteiger partial charge in [-0.3, -0.25) is 9.89 Å². The maximum atomic E-state index is 12.3. The summed E-state index contributed by atoms with van der Waals surface area (Å²) < 4.78 is 5.42. The Labute approximate surface area is 138 Å². The zero-order valence-electron chi connectivity index (χ0n) is 13.1. The number of nitrogens with one attached hydrogen (secondary N) is 1. The predicted octanol–water partition coefficient (Wildman–Crippen LogP) is 1.84. The van der Waals surface area contributed by atoms with E-state index in [4.69, 9.17) is 4.74 Å². The Kier molecular flexibility index (Phi) is 3.82. The summed E-state index contributed by atoms with van der Waals surface area (Å²) in [5.74, 6) is -0.313. The molecule has 0 unspecified atom stereocenters. The van der Waals surface area contributed by atoms with Crippen LogP contribution in [0.4, 0.5) is 0 Å². The molecule has 0 saturated carbocycles. The molecule has 7 heteroatoms. The summed E-state index contributed by atoms with van der Waals surface area (Å²) in [6, 6.07) is 9.61. The molecule has 2 heterocycles. The number of fused-ring (bicyclic) bond motifs is 1. The Morgan fingerprint density at radius 3 is 3.04 bits per heavy atom. The summed E-state index contributed by atoms with van der Waals surface area (Å²) in [6.45, 7) is 0.137. The number of H-pyrrole nitrogens is 1. The van der Waals surface area contributed by atoms with E-state index in [9.17, 15) is 4.79 Å². The van der Waals surface area contributed by atoms with Crippen LogP contribution in [0, 0.1) is 5.92 Å². The molecule has 0 bridgehead atoms. The molecule has 3 aromatic rings. The molecule has 122 valence electrons. The normalized spacial score (nSPS) is 16.6. The molecule has 0 radical (unpaired) electrons. The van der Waals surface area contributed by atoms with Crippen LogP contribution in [0.5, 0.6) is 0 Å². The van der Waals surface area contributed by atoms with E-state index >= 15 is 0 Å². The van der Waals surface area contributed by atoms with Crippen LogP contribution in [0.1, 0.15) is 23.4 Å². The highest BCUT2D eigenvalue weighted by atomic mass is 16.5. The van der Waals surface area contributed by atoms with Gasteiger partial charge in [0.1, 0.15) is 12.3 Å². The van der Waals surface area contributed by atoms with Crippen LogP contribution in [0.15, 0.2) is 42.7 Å². The van der Waals surface area contributed by atoms with Crippen molar-refractivity contribution in [1.29, 1.82) is 0 Å². The minimum atomic E-state index is -0.190. The molecule has 0 saturated heterocycles. The first-order valence-electron chi connectivity index (χ1n) is 7.94. The van der Waals surface area contributed by atoms with Gasteiger partial charge in [0.05, 0.1) is 24.0 Å². The number of hydrogen-bond acceptors (Lipinski definition) is 5. The lowest BCUT2D eigenvalue weighted by Crippen LogP contribution is -2.24. The number of nitrogens with zero attached hydrogens (tertiary/aromatic N) is 4. The van der Waals surface area contributed by atoms with Crippen molar-refractivity contribution < 1.29 is 9.53 Å². The zero-order valence-corrected chi connectivity index (χ0v) is 13.1. The first-order valence-corrected chi connectivity index (χ1v) is 7.94. The number of aromatic amines is 1. The second-order valence-electron chi connectivity index (χ2n) is 5.88. The molecule has 7 nitrogen and oxygen atoms in total. The summed E-state index contributed by atoms with van der Waals surface area (Å²) >= 11 is 0. The highest BCUT2D eigenvalue weighted by Gasteiger charge is 2.27. The lowest BCUT2D eigenvalue weighted by atomic mass is 9.88. The van der Waals surface area contributed by atoms with Gasteiger partial charge < -0.3 is 4.74 Å². The number of hydrogen-bond donors (Lipinski definition) is 1. The Morgan fingerprint density at radius 2 is 2.17 bits per heavy atom. The topological polar surface area (TPSA) is 85.7 Å². The molecule has 2 aromatic heterocycles. The molecule has 1 atom stereocenters. The van der Waals surface area contributed by atoms with Gasteiger partial charge in [-0.25, -0.2) is 0 Å². The van der Waals surface area contributed by atoms with Crippen LogP contribution in [-0.2, 0) is 29.0 Å². The van der Waals surface area contributed by atoms with Gasteiger partial charge >= 0.3 is 5.97 Å². The van der Waals surface area contributed by atoms with E-state index in [-0.39, 0.29) is 18.5 Å². The fourth-order valence-electron chi connectivity index (χ4n) is 2.92. The highest BCUT2D eigenvalue weighted by Crippen LogP contribution is 2.24. The summed E-state index contributed by atoms with van der Waals surface area (Å²) in [5.41, 5.74) is 3.74. The minimum absolute atomic E-state index is 0.123. The largest absolute Gasteiger partial charge is 0.459 e. The number of para-hydroxylation sites is 1. The third-order valence-electron chi connectivity index (χ3n) is 4.24. The molecule has 0 amide bonds. The van der Waals surface area contributed by atoms with E-state index in [1.54, 1.807) is 6.20 Å². The van der Waals surface area contributed by atoms with Crippen molar-refractivity contribution in [2.24, 2.45) is 5.92 Å². The van der Waals surface area contributed by atoms with Crippen molar-refractivity contribution in [1.82, 2.24) is 25.2 Å². The van der Waals surface area contributed by atoms with Crippen LogP contribution >= 0.6 is 0 Å². The molecular formula is C17H17N5O2. The van der Waals surface area contributed by atoms with Gasteiger partial charge in [0.15, 0.2) is 0 Å². The molecule has 0 fully saturated rings. The van der Waals surface area contributed by atoms with Crippen LogP contribution in [0.25, 0.3) is 5.69 Å². The van der Waals surface area contributed by atoms with E-state index in [1.807, 2.05) is 36.5 Å². The van der Waals surface area contributed by atoms with E-state index in [2.05, 4.69) is 20.4 Å². The Morgan fingerprint density at radius 1 is 1.29 bits per heavy atom. The molecule has 24 heavy (non-hydrogen) atoms. The lowest BCUT2D eigenvalue weighted by Gasteiger charge is -2.19. The van der Waals surface area contributed by atoms with E-state index in [0.29, 0.717) is 12.1 Å². The second kappa shape index (κ2) is 6.27. The van der Waals surface area contributed by atoms with Crippen molar-refractivity contribution in [3.63, 3.8) is 0 Å². The van der Waals surface area contributed by atoms with E-state index < -0.39 is 0 Å². The number of aromatic nitrogens is 5. The van der Waals surface area contributed by atoms with Gasteiger partial charge in [-0.15, -0.1) is 5.10 Å². The quantitative estimate of drug-likeness (QED) is 0.740. The molecule has 1 aromatic carbocycles. The summed E-state index contributed by atoms with van der Waals surface area (Å²) in [4.78, 5) is 13.8. The summed E-state index contributed by atoms with van der Waals surface area (Å²) in [5, 5.41) is 15.5. The fraction of sp³-hybridized carbons (Fsp3) is 0.294. The molecular weight excluding hydrogens is 306 g/mol. The van der Waals surface area contributed by atoms with Crippen molar-refractivity contribution in [3.05, 3.63) is 59.7 Å². The van der Waals surface area contributed by atoms with Crippen molar-refractivity contribution in [2.75, 3.05) is 0 Å². The fourth-order valence-corrected chi connectivity index (χ4v) is 2.92. The average Bonchev–Trinajstić information content (AvgIpc) is 3.29. The average molecular weight is 323 g/mol. The minimum Gasteiger partial charge on any atom is -0.459 e. The maximum absolute atomic E-state index is 12.3. The number of rotatable bonds is 4. The van der Waals surface area contributed by atoms with Crippen LogP contribution in [-0.4, -0.2) is 31.2 Å². The third-order valence-corrected chi connectivity index (χ3v) is 4.24. The number of carbonyl (C=O) groups excluding carboxylic acids is 1. The van der Waals surface area contributed by atoms with E-state index in [0.717, 1.165) is 24.2 Å². The number of carbonyl (C=O) groups is 1. The monoisotopic (exact) mass is 323 g/mol. The number of benzene rings is 1. The van der Waals surface area contributed by atoms with Gasteiger partial charge in [0.25, 0.3) is 0 Å². The van der Waals surface area contributed by atoms with Crippen molar-refractivity contribution in [2.45, 2.75) is 25.9 Å². The van der Waals surface area contributed by atoms with E-state index in [1.165, 1.54) is 10.4 Å². The molecule has 1 aliphatic carbocycles. The first kappa shape index (κ1) is 14.6. The van der Waals surface area contributed by atoms with Crippen LogP contribution < -0.4 is 0 Å². The maximum Gasteiger partial charge on any atom is 0.309 e. The van der Waals surface area contributed by atoms with Crippen LogP contribution in [0.3, 0.4) is 0 Å². The predicted molar refractivity (Wildman–Crippen MR) is 85.3 cm³/mol. The standard InChI is InChI=1S/C17H17N5O2/c23-17(12-6-7-13-9-18-20-16(13)8-12)24-11-14-10-19-22(21-14)15-4-2-1-3-5-15/h1-5,9-10,12H,6-8,11H2,(H,18,20)/t12-/m1/s1. The first-order chi connectivity index (χ1) is 11.8. The van der Waals surface area contributed by atoms with Crippen molar-refractivity contribution >= 4 is 5.97 Å². The molecule has 0 aliphatic heterocycles. The summed E-state index contributed by atoms with van der Waals surface area (Å²) in [7, 11) is 0. The second-order valence-corrected chi connectivity index (χ2v) is 5.88. The van der Waals surface area contributed by atoms with Gasteiger partial charge in [-0.1, -0.05) is 18.2 Å². The molecule has 1 aliphatic rings. The van der Waals surface area contributed by atoms with Gasteiger partial charge in [-0.05, 0) is 30.5 Å². The number of ether oxygens (including phenoxy) is 1. The molecule has 4 rings (SSSR count). The zero-order chi connectivity index (χ0) is 16.4. The SMILES string of the molecule is O=C(OCc1cnn(-c2ccccc2)n1)[C@@H]1CCc2cn[nH]c2C1. The number of aryl methyl sites for hydroxylation is 1. The third kappa shape index (κ3) is 2.92. The van der Waals surface area contributed by atoms with Crippen LogP contribution in [0.2, 0.25) is 0 Å². The Bertz CT molecular complexity index is 840. The lowest BCUT2D eigenvalue weighted by molar-refractivity contribution is -0.150. The Balaban J connectivity index is 1.36. The van der Waals surface area contributed by atoms with Crippen molar-refractivity contribution in [3.8, 4) is 5.69 Å². The highest BCUT2D eigenvalue weighted by molar-refractivity contribution is 5.73. The van der Waals surface area contributed by atoms with Gasteiger partial charge in [0, 0.05) is 12.1 Å². The Hall–Kier alpha value is -2.96.